The standard InChI is InChI=1S/C14H13Cl2NO2.ClH/c1-18-14-3-2-12(17)4-9(14)8-19-13-6-10(15)5-11(16)7-13;/h2-7H,8,17H2,1H3;1H. The molecule has 6 heteroatoms. The number of benzene rings is 2. The minimum Gasteiger partial charge on any atom is -0.496 e. The number of halogens is 3. The van der Waals surface area contributed by atoms with Gasteiger partial charge in [0.15, 0.2) is 0 Å². The number of hydrogen-bond acceptors (Lipinski definition) is 3. The van der Waals surface area contributed by atoms with Gasteiger partial charge in [-0.1, -0.05) is 23.2 Å². The Morgan fingerprint density at radius 1 is 1.05 bits per heavy atom. The highest BCUT2D eigenvalue weighted by Crippen LogP contribution is 2.27. The molecule has 0 aliphatic carbocycles. The molecular weight excluding hydrogens is 321 g/mol. The summed E-state index contributed by atoms with van der Waals surface area (Å²) < 4.78 is 10.9. The normalized spacial score (nSPS) is 9.75. The second-order valence-electron chi connectivity index (χ2n) is 3.97. The maximum absolute atomic E-state index is 5.91. The van der Waals surface area contributed by atoms with Crippen LogP contribution in [0.3, 0.4) is 0 Å². The van der Waals surface area contributed by atoms with Crippen molar-refractivity contribution in [1.82, 2.24) is 0 Å². The molecule has 0 amide bonds. The Kier molecular flexibility index (Phi) is 6.27. The van der Waals surface area contributed by atoms with Crippen LogP contribution in [0, 0.1) is 0 Å². The Hall–Kier alpha value is -1.29. The molecule has 2 aromatic carbocycles. The predicted octanol–water partition coefficient (Wildman–Crippen LogP) is 4.59. The first-order chi connectivity index (χ1) is 9.08. The maximum Gasteiger partial charge on any atom is 0.125 e. The van der Waals surface area contributed by atoms with Crippen LogP contribution in [0.25, 0.3) is 0 Å². The lowest BCUT2D eigenvalue weighted by Gasteiger charge is -2.11. The molecule has 0 saturated heterocycles. The van der Waals surface area contributed by atoms with Crippen LogP contribution in [0.15, 0.2) is 36.4 Å². The number of hydrogen-bond donors (Lipinski definition) is 1. The Balaban J connectivity index is 0.00000200. The number of nitrogen functional groups attached to an aromatic ring is 1. The Bertz CT molecular complexity index is 570. The van der Waals surface area contributed by atoms with Gasteiger partial charge in [-0.15, -0.1) is 12.4 Å². The number of methoxy groups -OCH3 is 1. The van der Waals surface area contributed by atoms with E-state index in [-0.39, 0.29) is 12.4 Å². The van der Waals surface area contributed by atoms with E-state index in [1.165, 1.54) is 0 Å². The van der Waals surface area contributed by atoms with E-state index in [4.69, 9.17) is 38.4 Å². The van der Waals surface area contributed by atoms with E-state index in [0.717, 1.165) is 11.3 Å². The molecule has 2 N–H and O–H groups in total. The molecule has 20 heavy (non-hydrogen) atoms. The van der Waals surface area contributed by atoms with Crippen LogP contribution in [-0.2, 0) is 6.61 Å². The molecule has 0 aromatic heterocycles. The van der Waals surface area contributed by atoms with Crippen LogP contribution in [0.1, 0.15) is 5.56 Å². The lowest BCUT2D eigenvalue weighted by atomic mass is 10.2. The van der Waals surface area contributed by atoms with Gasteiger partial charge in [-0.2, -0.15) is 0 Å². The summed E-state index contributed by atoms with van der Waals surface area (Å²) in [6.45, 7) is 0.324. The molecule has 0 atom stereocenters. The fraction of sp³-hybridized carbons (Fsp3) is 0.143. The Morgan fingerprint density at radius 3 is 2.30 bits per heavy atom. The number of anilines is 1. The zero-order valence-electron chi connectivity index (χ0n) is 10.7. The second kappa shape index (κ2) is 7.48. The second-order valence-corrected chi connectivity index (χ2v) is 4.84. The van der Waals surface area contributed by atoms with E-state index >= 15 is 0 Å². The van der Waals surface area contributed by atoms with E-state index in [1.54, 1.807) is 37.4 Å². The summed E-state index contributed by atoms with van der Waals surface area (Å²) in [5.74, 6) is 1.32. The molecule has 2 rings (SSSR count). The van der Waals surface area contributed by atoms with Crippen molar-refractivity contribution in [3.8, 4) is 11.5 Å². The summed E-state index contributed by atoms with van der Waals surface area (Å²) in [5, 5.41) is 1.06. The summed E-state index contributed by atoms with van der Waals surface area (Å²) in [4.78, 5) is 0. The molecule has 0 heterocycles. The topological polar surface area (TPSA) is 44.5 Å². The van der Waals surface area contributed by atoms with Crippen LogP contribution in [0.4, 0.5) is 5.69 Å². The largest absolute Gasteiger partial charge is 0.496 e. The van der Waals surface area contributed by atoms with Crippen molar-refractivity contribution in [2.45, 2.75) is 6.61 Å². The number of ether oxygens (including phenoxy) is 2. The smallest absolute Gasteiger partial charge is 0.125 e. The predicted molar refractivity (Wildman–Crippen MR) is 85.4 cm³/mol. The molecule has 0 fully saturated rings. The first-order valence-corrected chi connectivity index (χ1v) is 6.35. The third-order valence-corrected chi connectivity index (χ3v) is 2.97. The van der Waals surface area contributed by atoms with Gasteiger partial charge in [0.25, 0.3) is 0 Å². The summed E-state index contributed by atoms with van der Waals surface area (Å²) >= 11 is 11.8. The van der Waals surface area contributed by atoms with Crippen LogP contribution < -0.4 is 15.2 Å². The third-order valence-electron chi connectivity index (χ3n) is 2.53. The van der Waals surface area contributed by atoms with Crippen LogP contribution in [-0.4, -0.2) is 7.11 Å². The average molecular weight is 335 g/mol. The summed E-state index contributed by atoms with van der Waals surface area (Å²) in [5.41, 5.74) is 7.26. The van der Waals surface area contributed by atoms with Crippen LogP contribution in [0.5, 0.6) is 11.5 Å². The Labute approximate surface area is 134 Å². The summed E-state index contributed by atoms with van der Waals surface area (Å²) in [7, 11) is 1.60. The maximum atomic E-state index is 5.91. The summed E-state index contributed by atoms with van der Waals surface area (Å²) in [6, 6.07) is 10.4. The van der Waals surface area contributed by atoms with Crippen molar-refractivity contribution in [3.63, 3.8) is 0 Å². The highest BCUT2D eigenvalue weighted by Gasteiger charge is 2.05. The van der Waals surface area contributed by atoms with E-state index < -0.39 is 0 Å². The van der Waals surface area contributed by atoms with Gasteiger partial charge in [-0.3, -0.25) is 0 Å². The van der Waals surface area contributed by atoms with E-state index in [9.17, 15) is 0 Å². The minimum absolute atomic E-state index is 0. The van der Waals surface area contributed by atoms with Gasteiger partial charge in [0.05, 0.1) is 7.11 Å². The van der Waals surface area contributed by atoms with Gasteiger partial charge in [-0.05, 0) is 36.4 Å². The number of nitrogens with two attached hydrogens (primary N) is 1. The molecule has 0 spiro atoms. The number of rotatable bonds is 4. The monoisotopic (exact) mass is 333 g/mol. The van der Waals surface area contributed by atoms with E-state index in [1.807, 2.05) is 6.07 Å². The molecule has 0 bridgehead atoms. The zero-order chi connectivity index (χ0) is 13.8. The molecule has 0 radical (unpaired) electrons. The summed E-state index contributed by atoms with van der Waals surface area (Å²) in [6.07, 6.45) is 0. The molecule has 2 aromatic rings. The SMILES string of the molecule is COc1ccc(N)cc1COc1cc(Cl)cc(Cl)c1.Cl. The van der Waals surface area contributed by atoms with Crippen molar-refractivity contribution < 1.29 is 9.47 Å². The first kappa shape index (κ1) is 16.8. The van der Waals surface area contributed by atoms with Gasteiger partial charge < -0.3 is 15.2 Å². The molecular formula is C14H14Cl3NO2. The fourth-order valence-corrected chi connectivity index (χ4v) is 2.19. The molecule has 3 nitrogen and oxygen atoms in total. The van der Waals surface area contributed by atoms with Gasteiger partial charge >= 0.3 is 0 Å². The minimum atomic E-state index is 0. The quantitative estimate of drug-likeness (QED) is 0.832. The molecule has 0 saturated carbocycles. The van der Waals surface area contributed by atoms with Crippen molar-refractivity contribution >= 4 is 41.3 Å². The van der Waals surface area contributed by atoms with Crippen molar-refractivity contribution in [2.75, 3.05) is 12.8 Å². The molecule has 0 unspecified atom stereocenters. The van der Waals surface area contributed by atoms with Gasteiger partial charge in [0, 0.05) is 21.3 Å². The average Bonchev–Trinajstić information content (AvgIpc) is 2.35. The zero-order valence-corrected chi connectivity index (χ0v) is 13.1. The van der Waals surface area contributed by atoms with Gasteiger partial charge in [-0.25, -0.2) is 0 Å². The lowest BCUT2D eigenvalue weighted by Crippen LogP contribution is -2.00. The van der Waals surface area contributed by atoms with E-state index in [2.05, 4.69) is 0 Å². The fourth-order valence-electron chi connectivity index (χ4n) is 1.68. The van der Waals surface area contributed by atoms with Crippen molar-refractivity contribution in [2.24, 2.45) is 0 Å². The molecule has 0 aliphatic heterocycles. The van der Waals surface area contributed by atoms with E-state index in [0.29, 0.717) is 28.1 Å². The van der Waals surface area contributed by atoms with Crippen molar-refractivity contribution in [3.05, 3.63) is 52.0 Å². The van der Waals surface area contributed by atoms with Crippen molar-refractivity contribution in [1.29, 1.82) is 0 Å². The van der Waals surface area contributed by atoms with Crippen LogP contribution in [0.2, 0.25) is 10.0 Å². The highest BCUT2D eigenvalue weighted by molar-refractivity contribution is 6.34. The van der Waals surface area contributed by atoms with Gasteiger partial charge in [0.2, 0.25) is 0 Å². The first-order valence-electron chi connectivity index (χ1n) is 5.60. The third kappa shape index (κ3) is 4.37. The Morgan fingerprint density at radius 2 is 1.70 bits per heavy atom. The molecule has 108 valence electrons. The molecule has 0 aliphatic rings. The van der Waals surface area contributed by atoms with Gasteiger partial charge in [0.1, 0.15) is 18.1 Å². The van der Waals surface area contributed by atoms with Crippen LogP contribution >= 0.6 is 35.6 Å². The highest BCUT2D eigenvalue weighted by atomic mass is 35.5. The lowest BCUT2D eigenvalue weighted by molar-refractivity contribution is 0.297.